The van der Waals surface area contributed by atoms with E-state index in [1.807, 2.05) is 0 Å². The van der Waals surface area contributed by atoms with Gasteiger partial charge in [0.05, 0.1) is 29.8 Å². The van der Waals surface area contributed by atoms with Crippen LogP contribution in [0.5, 0.6) is 0 Å². The van der Waals surface area contributed by atoms with E-state index < -0.39 is 32.8 Å². The Labute approximate surface area is 237 Å². The number of hydrogen-bond acceptors (Lipinski definition) is 5. The van der Waals surface area contributed by atoms with Crippen molar-refractivity contribution < 1.29 is 14.6 Å². The van der Waals surface area contributed by atoms with Gasteiger partial charge in [-0.1, -0.05) is 63.7 Å². The highest BCUT2D eigenvalue weighted by Gasteiger charge is 2.56. The molecule has 0 fully saturated rings. The highest BCUT2D eigenvalue weighted by molar-refractivity contribution is 9.16. The smallest absolute Gasteiger partial charge is 0.283 e. The lowest BCUT2D eigenvalue weighted by atomic mass is 9.81. The SMILES string of the molecule is CC1([N+](=O)[O-])C(Br)=C(Br)C(C(=O)C2C(Br)=C(Br)C(C)([N+](=O)[O-])C(Br)=C2Br)C(Br)=C1Br. The number of carbonyl (C=O) groups excluding carboxylic acids is 1. The summed E-state index contributed by atoms with van der Waals surface area (Å²) in [5.74, 6) is -2.26. The number of halogens is 8. The van der Waals surface area contributed by atoms with E-state index in [2.05, 4.69) is 127 Å². The quantitative estimate of drug-likeness (QED) is 0.211. The largest absolute Gasteiger partial charge is 0.297 e. The minimum Gasteiger partial charge on any atom is -0.297 e. The van der Waals surface area contributed by atoms with Gasteiger partial charge in [0.15, 0.2) is 5.78 Å². The summed E-state index contributed by atoms with van der Waals surface area (Å²) < 4.78 is 1.81. The van der Waals surface area contributed by atoms with Crippen molar-refractivity contribution in [3.8, 4) is 0 Å². The van der Waals surface area contributed by atoms with Gasteiger partial charge in [-0.3, -0.25) is 25.0 Å². The first-order valence-corrected chi connectivity index (χ1v) is 14.0. The molecule has 30 heavy (non-hydrogen) atoms. The van der Waals surface area contributed by atoms with E-state index in [0.29, 0.717) is 0 Å². The molecule has 164 valence electrons. The maximum Gasteiger partial charge on any atom is 0.283 e. The number of rotatable bonds is 4. The Hall–Kier alpha value is 1.27. The van der Waals surface area contributed by atoms with Gasteiger partial charge in [0.25, 0.3) is 11.1 Å². The third-order valence-electron chi connectivity index (χ3n) is 4.86. The number of nitro groups is 2. The van der Waals surface area contributed by atoms with Crippen molar-refractivity contribution in [1.29, 1.82) is 0 Å². The molecule has 0 amide bonds. The standard InChI is InChI=1S/C15H8Br8N2O5/c1-14(24(27)28)10(20)5(16)3(6(17)11(14)21)9(26)4-7(18)12(22)15(2,25(29)30)13(23)8(4)19/h3-4H,1-2H3. The second kappa shape index (κ2) is 9.49. The van der Waals surface area contributed by atoms with Crippen molar-refractivity contribution in [2.45, 2.75) is 24.9 Å². The van der Waals surface area contributed by atoms with Crippen LogP contribution >= 0.6 is 127 Å². The first-order valence-electron chi connectivity index (χ1n) is 7.63. The molecule has 0 heterocycles. The summed E-state index contributed by atoms with van der Waals surface area (Å²) in [5.41, 5.74) is -3.26. The molecule has 0 aromatic carbocycles. The Balaban J connectivity index is 2.70. The molecule has 2 aliphatic carbocycles. The zero-order chi connectivity index (χ0) is 23.5. The van der Waals surface area contributed by atoms with Crippen molar-refractivity contribution in [2.75, 3.05) is 0 Å². The van der Waals surface area contributed by atoms with Crippen molar-refractivity contribution in [1.82, 2.24) is 0 Å². The lowest BCUT2D eigenvalue weighted by molar-refractivity contribution is -0.538. The summed E-state index contributed by atoms with van der Waals surface area (Å²) in [4.78, 5) is 36.2. The maximum absolute atomic E-state index is 13.7. The van der Waals surface area contributed by atoms with Gasteiger partial charge in [0, 0.05) is 41.6 Å². The van der Waals surface area contributed by atoms with Gasteiger partial charge in [-0.05, 0) is 63.7 Å². The predicted octanol–water partition coefficient (Wildman–Crippen LogP) is 7.89. The Morgan fingerprint density at radius 3 is 1.03 bits per heavy atom. The third kappa shape index (κ3) is 3.92. The fraction of sp³-hybridized carbons (Fsp3) is 0.400. The van der Waals surface area contributed by atoms with Crippen LogP contribution in [0.1, 0.15) is 13.8 Å². The monoisotopic (exact) mass is 927 g/mol. The average Bonchev–Trinajstić information content (AvgIpc) is 2.67. The molecule has 15 heteroatoms. The van der Waals surface area contributed by atoms with Gasteiger partial charge < -0.3 is 0 Å². The van der Waals surface area contributed by atoms with Crippen LogP contribution < -0.4 is 0 Å². The molecule has 0 unspecified atom stereocenters. The number of Topliss-reactive ketones (excluding diaryl/α,β-unsaturated/α-hetero) is 1. The van der Waals surface area contributed by atoms with Gasteiger partial charge in [0.1, 0.15) is 0 Å². The van der Waals surface area contributed by atoms with Crippen LogP contribution in [0.3, 0.4) is 0 Å². The number of hydrogen-bond donors (Lipinski definition) is 0. The van der Waals surface area contributed by atoms with E-state index in [9.17, 15) is 25.0 Å². The van der Waals surface area contributed by atoms with E-state index in [4.69, 9.17) is 0 Å². The van der Waals surface area contributed by atoms with E-state index >= 15 is 0 Å². The fourth-order valence-electron chi connectivity index (χ4n) is 2.84. The second-order valence-corrected chi connectivity index (χ2v) is 13.2. The Kier molecular flexibility index (Phi) is 8.71. The lowest BCUT2D eigenvalue weighted by Crippen LogP contribution is -2.43. The first-order chi connectivity index (χ1) is 13.6. The van der Waals surface area contributed by atoms with Crippen LogP contribution in [0.25, 0.3) is 0 Å². The van der Waals surface area contributed by atoms with E-state index in [1.54, 1.807) is 0 Å². The molecule has 2 aliphatic rings. The summed E-state index contributed by atoms with van der Waals surface area (Å²) in [7, 11) is 0. The molecule has 0 saturated carbocycles. The van der Waals surface area contributed by atoms with Gasteiger partial charge in [-0.2, -0.15) is 0 Å². The molecule has 0 atom stereocenters. The molecule has 0 bridgehead atoms. The molecule has 0 saturated heterocycles. The van der Waals surface area contributed by atoms with Crippen LogP contribution in [0.4, 0.5) is 0 Å². The summed E-state index contributed by atoms with van der Waals surface area (Å²) >= 11 is 26.4. The zero-order valence-corrected chi connectivity index (χ0v) is 27.3. The normalized spacial score (nSPS) is 32.7. The minimum absolute atomic E-state index is 0.178. The number of carbonyl (C=O) groups is 1. The van der Waals surface area contributed by atoms with E-state index in [0.717, 1.165) is 0 Å². The second-order valence-electron chi connectivity index (χ2n) is 6.57. The molecule has 0 aromatic rings. The van der Waals surface area contributed by atoms with Gasteiger partial charge in [-0.25, -0.2) is 0 Å². The van der Waals surface area contributed by atoms with Gasteiger partial charge in [0.2, 0.25) is 0 Å². The average molecular weight is 935 g/mol. The van der Waals surface area contributed by atoms with Crippen molar-refractivity contribution in [3.63, 3.8) is 0 Å². The van der Waals surface area contributed by atoms with E-state index in [-0.39, 0.29) is 41.6 Å². The molecular weight excluding hydrogens is 927 g/mol. The number of allylic oxidation sites excluding steroid dienone is 4. The molecule has 0 N–H and O–H groups in total. The minimum atomic E-state index is -1.63. The third-order valence-corrected chi connectivity index (χ3v) is 15.2. The molecule has 0 aliphatic heterocycles. The lowest BCUT2D eigenvalue weighted by Gasteiger charge is -2.35. The summed E-state index contributed by atoms with van der Waals surface area (Å²) in [6.07, 6.45) is 0. The molecule has 0 spiro atoms. The van der Waals surface area contributed by atoms with Crippen molar-refractivity contribution in [3.05, 3.63) is 56.1 Å². The van der Waals surface area contributed by atoms with Gasteiger partial charge >= 0.3 is 0 Å². The van der Waals surface area contributed by atoms with Crippen LogP contribution in [0.15, 0.2) is 35.9 Å². The number of nitrogens with zero attached hydrogens (tertiary/aromatic N) is 2. The van der Waals surface area contributed by atoms with Crippen LogP contribution in [-0.4, -0.2) is 26.7 Å². The van der Waals surface area contributed by atoms with Crippen LogP contribution in [-0.2, 0) is 4.79 Å². The Morgan fingerprint density at radius 2 is 0.867 bits per heavy atom. The zero-order valence-electron chi connectivity index (χ0n) is 14.6. The topological polar surface area (TPSA) is 103 Å². The fourth-order valence-corrected chi connectivity index (χ4v) is 9.64. The molecule has 0 aromatic heterocycles. The van der Waals surface area contributed by atoms with Crippen LogP contribution in [0.2, 0.25) is 0 Å². The Morgan fingerprint density at radius 1 is 0.667 bits per heavy atom. The summed E-state index contributed by atoms with van der Waals surface area (Å²) in [6.45, 7) is 2.79. The highest BCUT2D eigenvalue weighted by atomic mass is 79.9. The highest BCUT2D eigenvalue weighted by Crippen LogP contribution is 2.56. The van der Waals surface area contributed by atoms with Crippen LogP contribution in [0, 0.1) is 32.1 Å². The predicted molar refractivity (Wildman–Crippen MR) is 142 cm³/mol. The molecule has 0 radical (unpaired) electrons. The van der Waals surface area contributed by atoms with Crippen molar-refractivity contribution >= 4 is 133 Å². The Bertz CT molecular complexity index is 885. The van der Waals surface area contributed by atoms with E-state index in [1.165, 1.54) is 13.8 Å². The van der Waals surface area contributed by atoms with Gasteiger partial charge in [-0.15, -0.1) is 0 Å². The van der Waals surface area contributed by atoms with Crippen molar-refractivity contribution in [2.24, 2.45) is 11.8 Å². The summed E-state index contributed by atoms with van der Waals surface area (Å²) in [6, 6.07) is 0. The number of ketones is 1. The first kappa shape index (κ1) is 27.5. The molecule has 2 rings (SSSR count). The molecule has 7 nitrogen and oxygen atoms in total. The maximum atomic E-state index is 13.7. The summed E-state index contributed by atoms with van der Waals surface area (Å²) in [5, 5.41) is 23.5. The molecular formula is C15H8Br8N2O5.